The maximum absolute atomic E-state index is 5.54. The molecule has 1 heteroatoms. The van der Waals surface area contributed by atoms with Crippen LogP contribution in [0.15, 0.2) is 0 Å². The Morgan fingerprint density at radius 2 is 1.55 bits per heavy atom. The second-order valence-corrected chi connectivity index (χ2v) is 3.90. The third-order valence-electron chi connectivity index (χ3n) is 2.61. The molecule has 0 aliphatic heterocycles. The van der Waals surface area contributed by atoms with Crippen molar-refractivity contribution in [2.75, 3.05) is 13.1 Å². The molecule has 0 radical (unpaired) electrons. The second-order valence-electron chi connectivity index (χ2n) is 3.90. The second kappa shape index (κ2) is 3.28. The highest BCUT2D eigenvalue weighted by Crippen LogP contribution is 2.22. The van der Waals surface area contributed by atoms with E-state index in [4.69, 9.17) is 6.42 Å². The van der Waals surface area contributed by atoms with Crippen molar-refractivity contribution in [3.63, 3.8) is 0 Å². The molecule has 0 amide bonds. The van der Waals surface area contributed by atoms with Crippen LogP contribution in [0.4, 0.5) is 0 Å². The molecule has 0 aromatic carbocycles. The van der Waals surface area contributed by atoms with Crippen molar-refractivity contribution >= 4 is 0 Å². The van der Waals surface area contributed by atoms with Gasteiger partial charge in [-0.2, -0.15) is 0 Å². The van der Waals surface area contributed by atoms with E-state index in [0.717, 1.165) is 17.6 Å². The van der Waals surface area contributed by atoms with Gasteiger partial charge in [0.2, 0.25) is 0 Å². The first-order valence-corrected chi connectivity index (χ1v) is 4.28. The van der Waals surface area contributed by atoms with E-state index in [1.54, 1.807) is 0 Å². The van der Waals surface area contributed by atoms with Crippen LogP contribution in [0.5, 0.6) is 0 Å². The fourth-order valence-electron chi connectivity index (χ4n) is 1.55. The zero-order chi connectivity index (χ0) is 9.12. The number of quaternary nitrogens is 1. The molecule has 0 bridgehead atoms. The van der Waals surface area contributed by atoms with Crippen LogP contribution in [0.3, 0.4) is 0 Å². The van der Waals surface area contributed by atoms with Gasteiger partial charge in [0.15, 0.2) is 0 Å². The Morgan fingerprint density at radius 1 is 1.18 bits per heavy atom. The zero-order valence-electron chi connectivity index (χ0n) is 8.44. The fourth-order valence-corrected chi connectivity index (χ4v) is 1.55. The molecule has 0 saturated carbocycles. The summed E-state index contributed by atoms with van der Waals surface area (Å²) in [5.74, 6) is 0. The van der Waals surface area contributed by atoms with Crippen molar-refractivity contribution in [2.45, 2.75) is 40.2 Å². The van der Waals surface area contributed by atoms with Gasteiger partial charge >= 0.3 is 0 Å². The van der Waals surface area contributed by atoms with E-state index in [1.165, 1.54) is 0 Å². The van der Waals surface area contributed by atoms with Gasteiger partial charge in [0.1, 0.15) is 11.6 Å². The summed E-state index contributed by atoms with van der Waals surface area (Å²) in [5, 5.41) is 0. The number of rotatable bonds is 2. The lowest BCUT2D eigenvalue weighted by Gasteiger charge is -2.41. The van der Waals surface area contributed by atoms with E-state index in [2.05, 4.69) is 40.7 Å². The summed E-state index contributed by atoms with van der Waals surface area (Å²) in [5.41, 5.74) is 0.165. The summed E-state index contributed by atoms with van der Waals surface area (Å²) in [7, 11) is 0. The van der Waals surface area contributed by atoms with E-state index >= 15 is 0 Å². The first kappa shape index (κ1) is 10.5. The molecule has 0 aromatic heterocycles. The van der Waals surface area contributed by atoms with Gasteiger partial charge in [-0.15, -0.1) is 0 Å². The summed E-state index contributed by atoms with van der Waals surface area (Å²) in [6.07, 6.45) is 5.54. The zero-order valence-corrected chi connectivity index (χ0v) is 8.44. The fraction of sp³-hybridized carbons (Fsp3) is 0.800. The average Bonchev–Trinajstić information content (AvgIpc) is 1.90. The molecule has 0 heterocycles. The van der Waals surface area contributed by atoms with Crippen molar-refractivity contribution in [1.82, 2.24) is 0 Å². The van der Waals surface area contributed by atoms with Crippen molar-refractivity contribution in [3.8, 4) is 12.5 Å². The Labute approximate surface area is 71.0 Å². The maximum atomic E-state index is 5.54. The highest BCUT2D eigenvalue weighted by Gasteiger charge is 2.36. The molecule has 0 rings (SSSR count). The molecule has 0 aliphatic rings. The van der Waals surface area contributed by atoms with Gasteiger partial charge in [-0.25, -0.2) is 4.48 Å². The maximum Gasteiger partial charge on any atom is 0.134 e. The normalized spacial score (nSPS) is 12.7. The van der Waals surface area contributed by atoms with Gasteiger partial charge in [0, 0.05) is 0 Å². The topological polar surface area (TPSA) is 0 Å². The van der Waals surface area contributed by atoms with Gasteiger partial charge < -0.3 is 0 Å². The molecule has 0 atom stereocenters. The van der Waals surface area contributed by atoms with Crippen LogP contribution in [0, 0.1) is 12.5 Å². The molecular formula is C10H20N+. The molecule has 0 saturated heterocycles. The van der Waals surface area contributed by atoms with E-state index in [1.807, 2.05) is 0 Å². The molecule has 0 spiro atoms. The minimum Gasteiger partial charge on any atom is -0.243 e. The number of nitrogens with zero attached hydrogens (tertiary/aromatic N) is 1. The third kappa shape index (κ3) is 1.75. The summed E-state index contributed by atoms with van der Waals surface area (Å²) >= 11 is 0. The van der Waals surface area contributed by atoms with Crippen molar-refractivity contribution in [2.24, 2.45) is 0 Å². The van der Waals surface area contributed by atoms with E-state index in [0.29, 0.717) is 0 Å². The first-order chi connectivity index (χ1) is 4.93. The van der Waals surface area contributed by atoms with Crippen LogP contribution >= 0.6 is 0 Å². The number of terminal acetylenes is 1. The lowest BCUT2D eigenvalue weighted by atomic mass is 10.0. The molecule has 11 heavy (non-hydrogen) atoms. The minimum atomic E-state index is 0.165. The van der Waals surface area contributed by atoms with E-state index in [-0.39, 0.29) is 5.54 Å². The summed E-state index contributed by atoms with van der Waals surface area (Å²) in [6, 6.07) is 2.89. The van der Waals surface area contributed by atoms with Crippen molar-refractivity contribution in [1.29, 1.82) is 0 Å². The van der Waals surface area contributed by atoms with E-state index < -0.39 is 0 Å². The smallest absolute Gasteiger partial charge is 0.134 e. The third-order valence-corrected chi connectivity index (χ3v) is 2.61. The van der Waals surface area contributed by atoms with Gasteiger partial charge in [-0.1, -0.05) is 6.42 Å². The van der Waals surface area contributed by atoms with Gasteiger partial charge in [-0.3, -0.25) is 0 Å². The van der Waals surface area contributed by atoms with Crippen LogP contribution in [0.1, 0.15) is 34.6 Å². The summed E-state index contributed by atoms with van der Waals surface area (Å²) in [4.78, 5) is 0. The van der Waals surface area contributed by atoms with Crippen LogP contribution in [0.25, 0.3) is 0 Å². The molecule has 0 unspecified atom stereocenters. The van der Waals surface area contributed by atoms with Crippen LogP contribution in [-0.4, -0.2) is 23.1 Å². The van der Waals surface area contributed by atoms with Crippen LogP contribution < -0.4 is 0 Å². The Morgan fingerprint density at radius 3 is 1.55 bits per heavy atom. The average molecular weight is 154 g/mol. The molecule has 1 nitrogen and oxygen atoms in total. The Hall–Kier alpha value is -0.480. The largest absolute Gasteiger partial charge is 0.243 e. The lowest BCUT2D eigenvalue weighted by molar-refractivity contribution is -0.907. The number of hydrogen-bond acceptors (Lipinski definition) is 0. The highest BCUT2D eigenvalue weighted by atomic mass is 15.4. The first-order valence-electron chi connectivity index (χ1n) is 4.28. The van der Waals surface area contributed by atoms with Gasteiger partial charge in [0.25, 0.3) is 0 Å². The highest BCUT2D eigenvalue weighted by molar-refractivity contribution is 4.79. The summed E-state index contributed by atoms with van der Waals surface area (Å²) < 4.78 is 0.757. The Balaban J connectivity index is 4.73. The quantitative estimate of drug-likeness (QED) is 0.422. The monoisotopic (exact) mass is 154 g/mol. The predicted octanol–water partition coefficient (Wildman–Crippen LogP) is 2.23. The number of hydrogen-bond donors (Lipinski definition) is 0. The van der Waals surface area contributed by atoms with Gasteiger partial charge in [-0.05, 0) is 34.6 Å². The molecule has 0 aromatic rings. The van der Waals surface area contributed by atoms with Crippen molar-refractivity contribution in [3.05, 3.63) is 0 Å². The SMILES string of the molecule is C#C[N+](CC)(CC)C(C)(C)C. The summed E-state index contributed by atoms with van der Waals surface area (Å²) in [6.45, 7) is 12.9. The molecule has 0 fully saturated rings. The molecular weight excluding hydrogens is 134 g/mol. The molecule has 0 aliphatic carbocycles. The van der Waals surface area contributed by atoms with Crippen LogP contribution in [0.2, 0.25) is 0 Å². The van der Waals surface area contributed by atoms with Crippen molar-refractivity contribution < 1.29 is 4.48 Å². The Kier molecular flexibility index (Phi) is 3.13. The minimum absolute atomic E-state index is 0.165. The Bertz CT molecular complexity index is 153. The predicted molar refractivity (Wildman–Crippen MR) is 49.9 cm³/mol. The standard InChI is InChI=1S/C10H20N/c1-7-11(8-2,9-3)10(4,5)6/h1H,8-9H2,2-6H3/q+1. The van der Waals surface area contributed by atoms with Crippen LogP contribution in [-0.2, 0) is 0 Å². The molecule has 64 valence electrons. The molecule has 0 N–H and O–H groups in total. The van der Waals surface area contributed by atoms with E-state index in [9.17, 15) is 0 Å². The lowest BCUT2D eigenvalue weighted by Crippen LogP contribution is -2.56. The van der Waals surface area contributed by atoms with Gasteiger partial charge in [0.05, 0.1) is 13.1 Å².